The molecule has 22 heavy (non-hydrogen) atoms. The number of morpholine rings is 1. The van der Waals surface area contributed by atoms with Gasteiger partial charge in [-0.25, -0.2) is 14.5 Å². The van der Waals surface area contributed by atoms with E-state index in [0.717, 1.165) is 0 Å². The summed E-state index contributed by atoms with van der Waals surface area (Å²) in [7, 11) is 0. The van der Waals surface area contributed by atoms with Crippen LogP contribution in [0.5, 0.6) is 0 Å². The Hall–Kier alpha value is -2.74. The average Bonchev–Trinajstić information content (AvgIpc) is 3.08. The number of hydrogen-bond donors (Lipinski definition) is 1. The van der Waals surface area contributed by atoms with Crippen molar-refractivity contribution in [1.82, 2.24) is 19.7 Å². The summed E-state index contributed by atoms with van der Waals surface area (Å²) in [6, 6.07) is 5.05. The van der Waals surface area contributed by atoms with Gasteiger partial charge in [-0.05, 0) is 18.2 Å². The number of hydrogen-bond acceptors (Lipinski definition) is 5. The molecule has 1 fully saturated rings. The molecule has 0 aromatic carbocycles. The van der Waals surface area contributed by atoms with Crippen molar-refractivity contribution in [2.45, 2.75) is 6.10 Å². The van der Waals surface area contributed by atoms with E-state index in [9.17, 15) is 9.59 Å². The summed E-state index contributed by atoms with van der Waals surface area (Å²) in [4.78, 5) is 29.4. The molecule has 0 bridgehead atoms. The lowest BCUT2D eigenvalue weighted by Gasteiger charge is -2.31. The SMILES string of the molecule is O=C(O)[C@@H]1CN(C(=O)c2cccnc2-n2cccn2)CCO1. The van der Waals surface area contributed by atoms with Gasteiger partial charge in [0.25, 0.3) is 5.91 Å². The van der Waals surface area contributed by atoms with Crippen LogP contribution in [0.3, 0.4) is 0 Å². The highest BCUT2D eigenvalue weighted by Gasteiger charge is 2.30. The van der Waals surface area contributed by atoms with Crippen LogP contribution in [0.2, 0.25) is 0 Å². The summed E-state index contributed by atoms with van der Waals surface area (Å²) >= 11 is 0. The van der Waals surface area contributed by atoms with E-state index in [0.29, 0.717) is 17.9 Å². The van der Waals surface area contributed by atoms with Crippen molar-refractivity contribution in [1.29, 1.82) is 0 Å². The number of ether oxygens (including phenoxy) is 1. The molecule has 1 aliphatic rings. The first kappa shape index (κ1) is 14.2. The van der Waals surface area contributed by atoms with Crippen LogP contribution in [0, 0.1) is 0 Å². The molecular formula is C14H14N4O4. The van der Waals surface area contributed by atoms with Gasteiger partial charge in [0.15, 0.2) is 11.9 Å². The van der Waals surface area contributed by atoms with Crippen LogP contribution in [-0.2, 0) is 9.53 Å². The fourth-order valence-electron chi connectivity index (χ4n) is 2.29. The molecule has 3 rings (SSSR count). The van der Waals surface area contributed by atoms with Gasteiger partial charge in [-0.3, -0.25) is 4.79 Å². The highest BCUT2D eigenvalue weighted by Crippen LogP contribution is 2.15. The third kappa shape index (κ3) is 2.68. The minimum atomic E-state index is -1.07. The van der Waals surface area contributed by atoms with Crippen molar-refractivity contribution in [3.05, 3.63) is 42.4 Å². The predicted octanol–water partition coefficient (Wildman–Crippen LogP) is 0.193. The van der Waals surface area contributed by atoms with Crippen molar-refractivity contribution in [3.63, 3.8) is 0 Å². The zero-order chi connectivity index (χ0) is 15.5. The molecule has 1 amide bonds. The fraction of sp³-hybridized carbons (Fsp3) is 0.286. The maximum atomic E-state index is 12.7. The van der Waals surface area contributed by atoms with Crippen molar-refractivity contribution >= 4 is 11.9 Å². The smallest absolute Gasteiger partial charge is 0.334 e. The molecule has 1 atom stereocenters. The molecule has 0 spiro atoms. The number of carboxylic acid groups (broad SMARTS) is 1. The van der Waals surface area contributed by atoms with Gasteiger partial charge in [-0.15, -0.1) is 0 Å². The number of carbonyl (C=O) groups excluding carboxylic acids is 1. The van der Waals surface area contributed by atoms with Crippen LogP contribution in [0.4, 0.5) is 0 Å². The van der Waals surface area contributed by atoms with E-state index < -0.39 is 12.1 Å². The topological polar surface area (TPSA) is 97.6 Å². The molecule has 1 aliphatic heterocycles. The minimum absolute atomic E-state index is 0.0155. The molecule has 0 unspecified atom stereocenters. The van der Waals surface area contributed by atoms with E-state index in [2.05, 4.69) is 10.1 Å². The van der Waals surface area contributed by atoms with Gasteiger partial charge in [0.1, 0.15) is 0 Å². The van der Waals surface area contributed by atoms with E-state index in [1.54, 1.807) is 36.8 Å². The second-order valence-electron chi connectivity index (χ2n) is 4.77. The molecule has 2 aromatic heterocycles. The molecule has 1 N–H and O–H groups in total. The van der Waals surface area contributed by atoms with Crippen molar-refractivity contribution < 1.29 is 19.4 Å². The molecule has 0 saturated carbocycles. The summed E-state index contributed by atoms with van der Waals surface area (Å²) in [5.41, 5.74) is 0.372. The van der Waals surface area contributed by atoms with Crippen LogP contribution in [0.1, 0.15) is 10.4 Å². The Balaban J connectivity index is 1.88. The van der Waals surface area contributed by atoms with Crippen LogP contribution in [0.15, 0.2) is 36.8 Å². The van der Waals surface area contributed by atoms with E-state index in [-0.39, 0.29) is 19.1 Å². The summed E-state index contributed by atoms with van der Waals surface area (Å²) < 4.78 is 6.63. The third-order valence-corrected chi connectivity index (χ3v) is 3.37. The Bertz CT molecular complexity index is 686. The Kier molecular flexibility index (Phi) is 3.84. The standard InChI is InChI=1S/C14H14N4O4/c19-13(17-7-8-22-11(9-17)14(20)21)10-3-1-4-15-12(10)18-6-2-5-16-18/h1-6,11H,7-9H2,(H,20,21)/t11-/m0/s1. The number of aromatic nitrogens is 3. The number of carbonyl (C=O) groups is 2. The van der Waals surface area contributed by atoms with Crippen LogP contribution >= 0.6 is 0 Å². The number of nitrogens with zero attached hydrogens (tertiary/aromatic N) is 4. The van der Waals surface area contributed by atoms with Crippen molar-refractivity contribution in [2.24, 2.45) is 0 Å². The molecular weight excluding hydrogens is 288 g/mol. The van der Waals surface area contributed by atoms with E-state index in [1.807, 2.05) is 0 Å². The maximum Gasteiger partial charge on any atom is 0.334 e. The third-order valence-electron chi connectivity index (χ3n) is 3.37. The minimum Gasteiger partial charge on any atom is -0.479 e. The van der Waals surface area contributed by atoms with Gasteiger partial charge in [0.05, 0.1) is 18.7 Å². The lowest BCUT2D eigenvalue weighted by molar-refractivity contribution is -0.154. The van der Waals surface area contributed by atoms with Gasteiger partial charge >= 0.3 is 5.97 Å². The molecule has 0 radical (unpaired) electrons. The summed E-state index contributed by atoms with van der Waals surface area (Å²) in [5.74, 6) is -0.944. The number of amides is 1. The Morgan fingerprint density at radius 1 is 1.32 bits per heavy atom. The van der Waals surface area contributed by atoms with Crippen LogP contribution in [-0.4, -0.2) is 62.4 Å². The van der Waals surface area contributed by atoms with Gasteiger partial charge in [0, 0.05) is 25.1 Å². The number of rotatable bonds is 3. The monoisotopic (exact) mass is 302 g/mol. The zero-order valence-corrected chi connectivity index (χ0v) is 11.6. The largest absolute Gasteiger partial charge is 0.479 e. The summed E-state index contributed by atoms with van der Waals surface area (Å²) in [6.45, 7) is 0.553. The van der Waals surface area contributed by atoms with E-state index in [1.165, 1.54) is 9.58 Å². The second-order valence-corrected chi connectivity index (χ2v) is 4.77. The molecule has 3 heterocycles. The average molecular weight is 302 g/mol. The zero-order valence-electron chi connectivity index (χ0n) is 11.6. The highest BCUT2D eigenvalue weighted by molar-refractivity contribution is 5.97. The summed E-state index contributed by atoms with van der Waals surface area (Å²) in [6.07, 6.45) is 3.87. The van der Waals surface area contributed by atoms with Gasteiger partial charge in [-0.2, -0.15) is 5.10 Å². The maximum absolute atomic E-state index is 12.7. The molecule has 1 saturated heterocycles. The summed E-state index contributed by atoms with van der Waals surface area (Å²) in [5, 5.41) is 13.1. The number of aliphatic carboxylic acids is 1. The second kappa shape index (κ2) is 5.94. The number of pyridine rings is 1. The quantitative estimate of drug-likeness (QED) is 0.869. The first-order valence-electron chi connectivity index (χ1n) is 6.75. The molecule has 114 valence electrons. The van der Waals surface area contributed by atoms with Gasteiger partial charge in [0.2, 0.25) is 0 Å². The van der Waals surface area contributed by atoms with Crippen LogP contribution in [0.25, 0.3) is 5.82 Å². The van der Waals surface area contributed by atoms with Gasteiger partial charge < -0.3 is 14.7 Å². The Morgan fingerprint density at radius 2 is 2.18 bits per heavy atom. The predicted molar refractivity (Wildman–Crippen MR) is 74.6 cm³/mol. The van der Waals surface area contributed by atoms with Crippen LogP contribution < -0.4 is 0 Å². The Labute approximate surface area is 125 Å². The molecule has 2 aromatic rings. The van der Waals surface area contributed by atoms with Crippen molar-refractivity contribution in [2.75, 3.05) is 19.7 Å². The molecule has 0 aliphatic carbocycles. The highest BCUT2D eigenvalue weighted by atomic mass is 16.5. The van der Waals surface area contributed by atoms with Crippen molar-refractivity contribution in [3.8, 4) is 5.82 Å². The lowest BCUT2D eigenvalue weighted by Crippen LogP contribution is -2.48. The normalized spacial score (nSPS) is 18.2. The first-order chi connectivity index (χ1) is 10.7. The molecule has 8 heteroatoms. The first-order valence-corrected chi connectivity index (χ1v) is 6.75. The Morgan fingerprint density at radius 3 is 2.91 bits per heavy atom. The van der Waals surface area contributed by atoms with E-state index >= 15 is 0 Å². The fourth-order valence-corrected chi connectivity index (χ4v) is 2.29. The van der Waals surface area contributed by atoms with E-state index in [4.69, 9.17) is 9.84 Å². The number of carboxylic acids is 1. The molecule has 8 nitrogen and oxygen atoms in total. The van der Waals surface area contributed by atoms with Gasteiger partial charge in [-0.1, -0.05) is 0 Å². The lowest BCUT2D eigenvalue weighted by atomic mass is 10.2.